The molecule has 0 bridgehead atoms. The lowest BCUT2D eigenvalue weighted by atomic mass is 10.2. The maximum Gasteiger partial charge on any atom is 0.240 e. The van der Waals surface area contributed by atoms with Crippen molar-refractivity contribution in [3.8, 4) is 6.07 Å². The molecule has 1 atom stereocenters. The van der Waals surface area contributed by atoms with Crippen molar-refractivity contribution < 1.29 is 9.26 Å². The van der Waals surface area contributed by atoms with Gasteiger partial charge in [-0.1, -0.05) is 5.16 Å². The number of nitriles is 1. The van der Waals surface area contributed by atoms with Crippen molar-refractivity contribution in [2.75, 3.05) is 37.7 Å². The van der Waals surface area contributed by atoms with Crippen LogP contribution in [0.15, 0.2) is 22.9 Å². The van der Waals surface area contributed by atoms with Crippen LogP contribution in [0.4, 0.5) is 5.69 Å². The molecule has 3 heterocycles. The Kier molecular flexibility index (Phi) is 6.15. The molecule has 0 aliphatic carbocycles. The second kappa shape index (κ2) is 8.74. The largest absolute Gasteiger partial charge is 0.371 e. The molecule has 1 fully saturated rings. The third kappa shape index (κ3) is 4.36. The first kappa shape index (κ1) is 18.3. The van der Waals surface area contributed by atoms with Crippen LogP contribution in [0, 0.1) is 11.3 Å². The maximum absolute atomic E-state index is 9.26. The van der Waals surface area contributed by atoms with Crippen molar-refractivity contribution in [1.82, 2.24) is 20.0 Å². The Morgan fingerprint density at radius 2 is 2.23 bits per heavy atom. The van der Waals surface area contributed by atoms with Gasteiger partial charge >= 0.3 is 0 Å². The monoisotopic (exact) mass is 356 g/mol. The number of anilines is 1. The van der Waals surface area contributed by atoms with Gasteiger partial charge in [0.2, 0.25) is 5.89 Å². The normalized spacial score (nSPS) is 16.9. The number of ether oxygens (including phenoxy) is 1. The summed E-state index contributed by atoms with van der Waals surface area (Å²) in [6, 6.07) is 6.01. The zero-order valence-corrected chi connectivity index (χ0v) is 15.3. The van der Waals surface area contributed by atoms with Gasteiger partial charge in [0.25, 0.3) is 0 Å². The average molecular weight is 356 g/mol. The maximum atomic E-state index is 9.26. The predicted molar refractivity (Wildman–Crippen MR) is 95.4 cm³/mol. The fourth-order valence-electron chi connectivity index (χ4n) is 3.12. The summed E-state index contributed by atoms with van der Waals surface area (Å²) in [6.07, 6.45) is 2.49. The summed E-state index contributed by atoms with van der Waals surface area (Å²) in [6.45, 7) is 8.63. The van der Waals surface area contributed by atoms with Crippen LogP contribution in [0.1, 0.15) is 43.8 Å². The Morgan fingerprint density at radius 3 is 3.04 bits per heavy atom. The molecule has 0 N–H and O–H groups in total. The summed E-state index contributed by atoms with van der Waals surface area (Å²) in [7, 11) is 0. The minimum absolute atomic E-state index is 0.160. The van der Waals surface area contributed by atoms with Crippen molar-refractivity contribution in [3.05, 3.63) is 35.7 Å². The molecule has 1 aliphatic heterocycles. The van der Waals surface area contributed by atoms with Gasteiger partial charge in [-0.15, -0.1) is 0 Å². The van der Waals surface area contributed by atoms with Crippen LogP contribution in [-0.4, -0.2) is 52.8 Å². The molecule has 8 nitrogen and oxygen atoms in total. The number of aromatic nitrogens is 3. The molecule has 2 aromatic heterocycles. The first-order valence-electron chi connectivity index (χ1n) is 8.97. The minimum Gasteiger partial charge on any atom is -0.371 e. The lowest BCUT2D eigenvalue weighted by Crippen LogP contribution is -2.31. The highest BCUT2D eigenvalue weighted by molar-refractivity contribution is 5.55. The van der Waals surface area contributed by atoms with Crippen molar-refractivity contribution in [2.45, 2.75) is 32.9 Å². The standard InChI is InChI=1S/C18H24N6O2/c1-3-25-14(2)18-21-17(26-22-18)13-23-8-5-9-24(11-10-23)16-6-4-7-20-15(16)12-19/h4,6-7,14H,3,5,8-11,13H2,1-2H3. The lowest BCUT2D eigenvalue weighted by molar-refractivity contribution is 0.0683. The second-order valence-corrected chi connectivity index (χ2v) is 6.24. The average Bonchev–Trinajstić information content (AvgIpc) is 3.00. The third-order valence-electron chi connectivity index (χ3n) is 4.44. The number of rotatable bonds is 6. The van der Waals surface area contributed by atoms with E-state index >= 15 is 0 Å². The second-order valence-electron chi connectivity index (χ2n) is 6.24. The molecule has 0 aromatic carbocycles. The number of hydrogen-bond donors (Lipinski definition) is 0. The first-order chi connectivity index (χ1) is 12.7. The SMILES string of the molecule is CCOC(C)c1noc(CN2CCCN(c3cccnc3C#N)CC2)n1. The van der Waals surface area contributed by atoms with E-state index in [2.05, 4.69) is 31.0 Å². The molecule has 3 rings (SSSR count). The zero-order valence-electron chi connectivity index (χ0n) is 15.3. The molecular formula is C18H24N6O2. The molecule has 2 aromatic rings. The van der Waals surface area contributed by atoms with Gasteiger partial charge in [0.15, 0.2) is 11.5 Å². The van der Waals surface area contributed by atoms with Crippen LogP contribution in [0.2, 0.25) is 0 Å². The molecule has 0 amide bonds. The summed E-state index contributed by atoms with van der Waals surface area (Å²) in [5, 5.41) is 13.3. The summed E-state index contributed by atoms with van der Waals surface area (Å²) in [5.41, 5.74) is 1.38. The topological polar surface area (TPSA) is 91.3 Å². The van der Waals surface area contributed by atoms with Crippen LogP contribution < -0.4 is 4.90 Å². The van der Waals surface area contributed by atoms with Gasteiger partial charge in [0, 0.05) is 39.0 Å². The molecule has 8 heteroatoms. The van der Waals surface area contributed by atoms with Gasteiger partial charge in [0.1, 0.15) is 12.2 Å². The van der Waals surface area contributed by atoms with E-state index in [9.17, 15) is 5.26 Å². The minimum atomic E-state index is -0.160. The summed E-state index contributed by atoms with van der Waals surface area (Å²) >= 11 is 0. The van der Waals surface area contributed by atoms with Crippen LogP contribution in [-0.2, 0) is 11.3 Å². The summed E-state index contributed by atoms with van der Waals surface area (Å²) in [4.78, 5) is 13.1. The molecule has 1 aliphatic rings. The Morgan fingerprint density at radius 1 is 1.35 bits per heavy atom. The fourth-order valence-corrected chi connectivity index (χ4v) is 3.12. The molecule has 0 radical (unpaired) electrons. The summed E-state index contributed by atoms with van der Waals surface area (Å²) in [5.74, 6) is 1.20. The van der Waals surface area contributed by atoms with E-state index in [-0.39, 0.29) is 6.10 Å². The Bertz CT molecular complexity index is 756. The molecule has 138 valence electrons. The van der Waals surface area contributed by atoms with Crippen LogP contribution >= 0.6 is 0 Å². The van der Waals surface area contributed by atoms with Gasteiger partial charge in [-0.25, -0.2) is 4.98 Å². The molecule has 0 spiro atoms. The predicted octanol–water partition coefficient (Wildman–Crippen LogP) is 2.15. The highest BCUT2D eigenvalue weighted by atomic mass is 16.5. The summed E-state index contributed by atoms with van der Waals surface area (Å²) < 4.78 is 10.9. The lowest BCUT2D eigenvalue weighted by Gasteiger charge is -2.23. The molecule has 0 saturated carbocycles. The van der Waals surface area contributed by atoms with Crippen molar-refractivity contribution in [1.29, 1.82) is 5.26 Å². The van der Waals surface area contributed by atoms with Crippen molar-refractivity contribution in [3.63, 3.8) is 0 Å². The van der Waals surface area contributed by atoms with Gasteiger partial charge < -0.3 is 14.2 Å². The van der Waals surface area contributed by atoms with E-state index in [0.29, 0.717) is 30.6 Å². The van der Waals surface area contributed by atoms with E-state index in [1.165, 1.54) is 0 Å². The molecule has 26 heavy (non-hydrogen) atoms. The number of hydrogen-bond acceptors (Lipinski definition) is 8. The zero-order chi connectivity index (χ0) is 18.4. The number of pyridine rings is 1. The quantitative estimate of drug-likeness (QED) is 0.777. The van der Waals surface area contributed by atoms with E-state index in [1.807, 2.05) is 26.0 Å². The Balaban J connectivity index is 1.60. The highest BCUT2D eigenvalue weighted by Crippen LogP contribution is 2.20. The van der Waals surface area contributed by atoms with Crippen molar-refractivity contribution >= 4 is 5.69 Å². The number of nitrogens with zero attached hydrogens (tertiary/aromatic N) is 6. The highest BCUT2D eigenvalue weighted by Gasteiger charge is 2.20. The molecule has 1 saturated heterocycles. The van der Waals surface area contributed by atoms with E-state index < -0.39 is 0 Å². The van der Waals surface area contributed by atoms with Gasteiger partial charge in [0.05, 0.1) is 12.2 Å². The molecule has 1 unspecified atom stereocenters. The Labute approximate surface area is 153 Å². The smallest absolute Gasteiger partial charge is 0.240 e. The first-order valence-corrected chi connectivity index (χ1v) is 8.97. The third-order valence-corrected chi connectivity index (χ3v) is 4.44. The van der Waals surface area contributed by atoms with E-state index in [4.69, 9.17) is 9.26 Å². The van der Waals surface area contributed by atoms with Crippen LogP contribution in [0.5, 0.6) is 0 Å². The van der Waals surface area contributed by atoms with E-state index in [1.54, 1.807) is 6.20 Å². The van der Waals surface area contributed by atoms with Crippen LogP contribution in [0.3, 0.4) is 0 Å². The van der Waals surface area contributed by atoms with Gasteiger partial charge in [-0.3, -0.25) is 4.90 Å². The van der Waals surface area contributed by atoms with Crippen LogP contribution in [0.25, 0.3) is 0 Å². The van der Waals surface area contributed by atoms with Crippen molar-refractivity contribution in [2.24, 2.45) is 0 Å². The fraction of sp³-hybridized carbons (Fsp3) is 0.556. The van der Waals surface area contributed by atoms with Gasteiger partial charge in [-0.05, 0) is 32.4 Å². The molecular weight excluding hydrogens is 332 g/mol. The van der Waals surface area contributed by atoms with E-state index in [0.717, 1.165) is 38.3 Å². The Hall–Kier alpha value is -2.50. The van der Waals surface area contributed by atoms with Gasteiger partial charge in [-0.2, -0.15) is 10.2 Å².